The van der Waals surface area contributed by atoms with Gasteiger partial charge in [0.25, 0.3) is 0 Å². The van der Waals surface area contributed by atoms with E-state index in [9.17, 15) is 9.59 Å². The van der Waals surface area contributed by atoms with Crippen molar-refractivity contribution in [3.63, 3.8) is 0 Å². The molecule has 5 heteroatoms. The maximum absolute atomic E-state index is 11.1. The Morgan fingerprint density at radius 3 is 1.68 bits per heavy atom. The number of hydrogen-bond acceptors (Lipinski definition) is 5. The number of esters is 1. The number of Topliss-reactive ketones (excluding diaryl/α,β-unsaturated/α-hetero) is 1. The van der Waals surface area contributed by atoms with Crippen LogP contribution >= 0.6 is 0 Å². The van der Waals surface area contributed by atoms with Gasteiger partial charge in [-0.3, -0.25) is 4.79 Å². The number of ether oxygens (including phenoxy) is 1. The number of hydrogen-bond donors (Lipinski definition) is 2. The highest BCUT2D eigenvalue weighted by Crippen LogP contribution is 2.25. The van der Waals surface area contributed by atoms with E-state index in [1.807, 2.05) is 27.7 Å². The van der Waals surface area contributed by atoms with Gasteiger partial charge < -0.3 is 19.7 Å². The van der Waals surface area contributed by atoms with E-state index in [0.29, 0.717) is 19.4 Å². The van der Waals surface area contributed by atoms with Crippen LogP contribution in [0.25, 0.3) is 0 Å². The van der Waals surface area contributed by atoms with Gasteiger partial charge in [0, 0.05) is 19.6 Å². The highest BCUT2D eigenvalue weighted by atomic mass is 16.5. The molecule has 0 spiro atoms. The second-order valence-electron chi connectivity index (χ2n) is 7.14. The molecule has 0 aliphatic heterocycles. The van der Waals surface area contributed by atoms with Crippen molar-refractivity contribution in [2.75, 3.05) is 19.8 Å². The predicted octanol–water partition coefficient (Wildman–Crippen LogP) is 2.72. The van der Waals surface area contributed by atoms with Gasteiger partial charge in [-0.05, 0) is 37.5 Å². The molecule has 0 aromatic carbocycles. The van der Waals surface area contributed by atoms with Gasteiger partial charge in [0.15, 0.2) is 0 Å². The van der Waals surface area contributed by atoms with Crippen LogP contribution in [0.3, 0.4) is 0 Å². The van der Waals surface area contributed by atoms with Crippen molar-refractivity contribution in [1.82, 2.24) is 0 Å². The molecule has 0 atom stereocenters. The topological polar surface area (TPSA) is 83.8 Å². The van der Waals surface area contributed by atoms with Gasteiger partial charge in [-0.1, -0.05) is 27.7 Å². The largest absolute Gasteiger partial charge is 0.466 e. The Hall–Kier alpha value is -0.940. The van der Waals surface area contributed by atoms with E-state index in [1.54, 1.807) is 6.92 Å². The molecule has 22 heavy (non-hydrogen) atoms. The minimum atomic E-state index is -0.280. The van der Waals surface area contributed by atoms with Crippen molar-refractivity contribution < 1.29 is 24.5 Å². The summed E-state index contributed by atoms with van der Waals surface area (Å²) in [6, 6.07) is 0. The van der Waals surface area contributed by atoms with Gasteiger partial charge in [-0.15, -0.1) is 0 Å². The maximum Gasteiger partial charge on any atom is 0.306 e. The third kappa shape index (κ3) is 15.4. The number of carbonyl (C=O) groups excluding carboxylic acids is 2. The lowest BCUT2D eigenvalue weighted by Gasteiger charge is -2.21. The SMILES string of the molecule is CC(C)(CCO)CCO.CCOC(=O)CC(C)(C)CC(C)=O. The fraction of sp³-hybridized carbons (Fsp3) is 0.882. The fourth-order valence-corrected chi connectivity index (χ4v) is 2.07. The minimum Gasteiger partial charge on any atom is -0.466 e. The van der Waals surface area contributed by atoms with Crippen LogP contribution in [0.5, 0.6) is 0 Å². The van der Waals surface area contributed by atoms with Crippen LogP contribution in [-0.4, -0.2) is 41.8 Å². The zero-order valence-corrected chi connectivity index (χ0v) is 15.1. The standard InChI is InChI=1S/C10H18O3.C7H16O2/c1-5-13-9(12)7-10(3,4)6-8(2)11;1-7(2,3-5-8)4-6-9/h5-7H2,1-4H3;8-9H,3-6H2,1-2H3. The Labute approximate surface area is 135 Å². The summed E-state index contributed by atoms with van der Waals surface area (Å²) in [7, 11) is 0. The third-order valence-electron chi connectivity index (χ3n) is 3.23. The minimum absolute atomic E-state index is 0.101. The third-order valence-corrected chi connectivity index (χ3v) is 3.23. The van der Waals surface area contributed by atoms with Crippen LogP contribution in [0.4, 0.5) is 0 Å². The number of aliphatic hydroxyl groups excluding tert-OH is 2. The number of ketones is 1. The lowest BCUT2D eigenvalue weighted by Crippen LogP contribution is -2.21. The number of aliphatic hydroxyl groups is 2. The van der Waals surface area contributed by atoms with Crippen LogP contribution in [0.15, 0.2) is 0 Å². The molecule has 0 saturated heterocycles. The van der Waals surface area contributed by atoms with E-state index < -0.39 is 0 Å². The smallest absolute Gasteiger partial charge is 0.306 e. The first-order valence-corrected chi connectivity index (χ1v) is 7.86. The van der Waals surface area contributed by atoms with E-state index in [1.165, 1.54) is 6.92 Å². The van der Waals surface area contributed by atoms with Crippen molar-refractivity contribution >= 4 is 11.8 Å². The average molecular weight is 318 g/mol. The molecule has 0 radical (unpaired) electrons. The summed E-state index contributed by atoms with van der Waals surface area (Å²) >= 11 is 0. The van der Waals surface area contributed by atoms with Crippen LogP contribution < -0.4 is 0 Å². The first-order valence-electron chi connectivity index (χ1n) is 7.86. The van der Waals surface area contributed by atoms with Crippen LogP contribution in [0.2, 0.25) is 0 Å². The molecule has 0 aliphatic carbocycles. The van der Waals surface area contributed by atoms with Gasteiger partial charge in [-0.2, -0.15) is 0 Å². The zero-order valence-electron chi connectivity index (χ0n) is 15.1. The van der Waals surface area contributed by atoms with Crippen molar-refractivity contribution in [2.45, 2.75) is 67.2 Å². The molecule has 0 saturated carbocycles. The van der Waals surface area contributed by atoms with Crippen molar-refractivity contribution in [3.05, 3.63) is 0 Å². The lowest BCUT2D eigenvalue weighted by atomic mass is 9.84. The van der Waals surface area contributed by atoms with E-state index in [2.05, 4.69) is 0 Å². The van der Waals surface area contributed by atoms with Crippen LogP contribution in [-0.2, 0) is 14.3 Å². The number of rotatable bonds is 9. The Kier molecular flexibility index (Phi) is 12.3. The molecule has 0 fully saturated rings. The van der Waals surface area contributed by atoms with Gasteiger partial charge >= 0.3 is 5.97 Å². The van der Waals surface area contributed by atoms with Crippen LogP contribution in [0, 0.1) is 10.8 Å². The molecule has 0 rings (SSSR count). The summed E-state index contributed by atoms with van der Waals surface area (Å²) in [5, 5.41) is 17.1. The van der Waals surface area contributed by atoms with E-state index in [-0.39, 0.29) is 35.8 Å². The molecule has 0 aliphatic rings. The van der Waals surface area contributed by atoms with E-state index >= 15 is 0 Å². The van der Waals surface area contributed by atoms with E-state index in [4.69, 9.17) is 14.9 Å². The molecule has 0 aromatic rings. The summed E-state index contributed by atoms with van der Waals surface area (Å²) in [5.74, 6) is -0.122. The highest BCUT2D eigenvalue weighted by Gasteiger charge is 2.24. The molecular formula is C17H34O5. The summed E-state index contributed by atoms with van der Waals surface area (Å²) in [6.45, 7) is 12.0. The lowest BCUT2D eigenvalue weighted by molar-refractivity contribution is -0.145. The van der Waals surface area contributed by atoms with Gasteiger partial charge in [0.2, 0.25) is 0 Å². The summed E-state index contributed by atoms with van der Waals surface area (Å²) in [5.41, 5.74) is -0.179. The molecule has 132 valence electrons. The number of carbonyl (C=O) groups is 2. The van der Waals surface area contributed by atoms with Crippen LogP contribution in [0.1, 0.15) is 67.2 Å². The first kappa shape index (κ1) is 23.3. The Bertz CT molecular complexity index is 313. The maximum atomic E-state index is 11.1. The quantitative estimate of drug-likeness (QED) is 0.639. The Morgan fingerprint density at radius 2 is 1.36 bits per heavy atom. The molecular weight excluding hydrogens is 284 g/mol. The highest BCUT2D eigenvalue weighted by molar-refractivity contribution is 5.77. The van der Waals surface area contributed by atoms with Crippen molar-refractivity contribution in [2.24, 2.45) is 10.8 Å². The molecule has 0 amide bonds. The van der Waals surface area contributed by atoms with E-state index in [0.717, 1.165) is 12.8 Å². The molecule has 5 nitrogen and oxygen atoms in total. The molecule has 0 heterocycles. The normalized spacial score (nSPS) is 11.5. The molecule has 2 N–H and O–H groups in total. The Balaban J connectivity index is 0. The average Bonchev–Trinajstić information content (AvgIpc) is 2.26. The van der Waals surface area contributed by atoms with Crippen molar-refractivity contribution in [3.8, 4) is 0 Å². The van der Waals surface area contributed by atoms with Crippen molar-refractivity contribution in [1.29, 1.82) is 0 Å². The second kappa shape index (κ2) is 11.6. The van der Waals surface area contributed by atoms with Gasteiger partial charge in [-0.25, -0.2) is 0 Å². The summed E-state index contributed by atoms with van der Waals surface area (Å²) in [6.07, 6.45) is 2.27. The summed E-state index contributed by atoms with van der Waals surface area (Å²) < 4.78 is 4.81. The molecule has 0 bridgehead atoms. The zero-order chi connectivity index (χ0) is 17.8. The second-order valence-corrected chi connectivity index (χ2v) is 7.14. The van der Waals surface area contributed by atoms with Gasteiger partial charge in [0.05, 0.1) is 13.0 Å². The first-order chi connectivity index (χ1) is 9.99. The Morgan fingerprint density at radius 1 is 0.909 bits per heavy atom. The fourth-order valence-electron chi connectivity index (χ4n) is 2.07. The monoisotopic (exact) mass is 318 g/mol. The summed E-state index contributed by atoms with van der Waals surface area (Å²) in [4.78, 5) is 22.0. The van der Waals surface area contributed by atoms with Gasteiger partial charge in [0.1, 0.15) is 5.78 Å². The molecule has 0 aromatic heterocycles. The molecule has 0 unspecified atom stereocenters. The predicted molar refractivity (Wildman–Crippen MR) is 87.5 cm³/mol.